The fraction of sp³-hybridized carbons (Fsp3) is 0.208. The average molecular weight is 641 g/mol. The standard InChI is InChI=1S/C24H21ClF3N8O6P/c1-12-3-13-5-20(15(25)6-19(13)30-12)31-22-34(8-14-4-17(27)18(28)7-16(14)26)23(37)35(9-21-29-10-33(2)32-21)24(38)36(22)11-42-43(39,40)41/h3-7,10,30H,8-9,11H2,1-2H3,(H2,39,40,41). The summed E-state index contributed by atoms with van der Waals surface area (Å²) in [7, 11) is -3.66. The third kappa shape index (κ3) is 6.40. The highest BCUT2D eigenvalue weighted by Gasteiger charge is 2.22. The van der Waals surface area contributed by atoms with Crippen LogP contribution < -0.4 is 17.0 Å². The molecule has 5 rings (SSSR count). The number of fused-ring (bicyclic) bond motifs is 1. The molecule has 0 aliphatic heterocycles. The molecule has 0 aliphatic rings. The Bertz CT molecular complexity index is 2130. The minimum atomic E-state index is -5.19. The maximum absolute atomic E-state index is 14.8. The number of H-pyrrole nitrogens is 1. The Morgan fingerprint density at radius 2 is 1.70 bits per heavy atom. The van der Waals surface area contributed by atoms with Crippen molar-refractivity contribution in [1.82, 2.24) is 33.4 Å². The SMILES string of the molecule is Cc1cc2cc(N=c3n(COP(=O)(O)O)c(=O)n(Cc4ncn(C)n4)c(=O)n3Cc3cc(F)c(F)cc3F)c(Cl)cc2[nH]1. The molecule has 0 amide bonds. The number of aryl methyl sites for hydroxylation is 2. The van der Waals surface area contributed by atoms with E-state index in [1.54, 1.807) is 13.0 Å². The van der Waals surface area contributed by atoms with Crippen molar-refractivity contribution in [3.05, 3.63) is 103 Å². The normalized spacial score (nSPS) is 12.5. The minimum Gasteiger partial charge on any atom is -0.359 e. The number of aromatic nitrogens is 7. The van der Waals surface area contributed by atoms with E-state index in [1.165, 1.54) is 30.2 Å². The zero-order chi connectivity index (χ0) is 31.2. The fourth-order valence-corrected chi connectivity index (χ4v) is 4.74. The highest BCUT2D eigenvalue weighted by atomic mass is 35.5. The summed E-state index contributed by atoms with van der Waals surface area (Å²) in [4.78, 5) is 57.6. The van der Waals surface area contributed by atoms with E-state index in [4.69, 9.17) is 11.6 Å². The summed E-state index contributed by atoms with van der Waals surface area (Å²) >= 11 is 6.44. The first-order chi connectivity index (χ1) is 20.2. The molecule has 19 heteroatoms. The number of phosphoric acid groups is 1. The molecule has 3 N–H and O–H groups in total. The van der Waals surface area contributed by atoms with Crippen molar-refractivity contribution in [1.29, 1.82) is 0 Å². The highest BCUT2D eigenvalue weighted by molar-refractivity contribution is 7.46. The Morgan fingerprint density at radius 1 is 1.00 bits per heavy atom. The number of hydrogen-bond donors (Lipinski definition) is 3. The average Bonchev–Trinajstić information content (AvgIpc) is 3.49. The lowest BCUT2D eigenvalue weighted by Crippen LogP contribution is -2.55. The van der Waals surface area contributed by atoms with Crippen molar-refractivity contribution in [2.45, 2.75) is 26.7 Å². The summed E-state index contributed by atoms with van der Waals surface area (Å²) in [5, 5.41) is 4.69. The predicted molar refractivity (Wildman–Crippen MR) is 145 cm³/mol. The number of nitrogens with one attached hydrogen (secondary N) is 1. The number of phosphoric ester groups is 1. The summed E-state index contributed by atoms with van der Waals surface area (Å²) in [6.07, 6.45) is 1.30. The van der Waals surface area contributed by atoms with Gasteiger partial charge < -0.3 is 14.8 Å². The molecule has 5 aromatic rings. The Labute approximate surface area is 243 Å². The molecule has 0 unspecified atom stereocenters. The molecular formula is C24H21ClF3N8O6P. The van der Waals surface area contributed by atoms with E-state index in [0.717, 1.165) is 5.69 Å². The lowest BCUT2D eigenvalue weighted by Gasteiger charge is -2.17. The van der Waals surface area contributed by atoms with E-state index in [9.17, 15) is 37.1 Å². The van der Waals surface area contributed by atoms with Gasteiger partial charge in [-0.2, -0.15) is 5.10 Å². The van der Waals surface area contributed by atoms with Crippen LogP contribution in [0, 0.1) is 24.4 Å². The predicted octanol–water partition coefficient (Wildman–Crippen LogP) is 2.20. The second-order valence-corrected chi connectivity index (χ2v) is 11.0. The zero-order valence-corrected chi connectivity index (χ0v) is 23.9. The first-order valence-electron chi connectivity index (χ1n) is 12.2. The van der Waals surface area contributed by atoms with Gasteiger partial charge in [0.25, 0.3) is 0 Å². The monoisotopic (exact) mass is 640 g/mol. The van der Waals surface area contributed by atoms with Crippen LogP contribution in [0.2, 0.25) is 5.02 Å². The molecule has 3 aromatic heterocycles. The van der Waals surface area contributed by atoms with Crippen molar-refractivity contribution in [2.24, 2.45) is 12.0 Å². The molecule has 14 nitrogen and oxygen atoms in total. The first kappa shape index (κ1) is 30.2. The van der Waals surface area contributed by atoms with Crippen molar-refractivity contribution < 1.29 is 32.0 Å². The van der Waals surface area contributed by atoms with Crippen LogP contribution >= 0.6 is 19.4 Å². The number of hydrogen-bond acceptors (Lipinski definition) is 7. The van der Waals surface area contributed by atoms with Gasteiger partial charge in [0.05, 0.1) is 23.8 Å². The number of halogens is 4. The fourth-order valence-electron chi connectivity index (χ4n) is 4.26. The molecule has 0 saturated heterocycles. The summed E-state index contributed by atoms with van der Waals surface area (Å²) in [6, 6.07) is 5.59. The van der Waals surface area contributed by atoms with Crippen molar-refractivity contribution in [3.8, 4) is 0 Å². The third-order valence-corrected chi connectivity index (χ3v) is 6.92. The second-order valence-electron chi connectivity index (χ2n) is 9.36. The van der Waals surface area contributed by atoms with Gasteiger partial charge in [-0.15, -0.1) is 0 Å². The Balaban J connectivity index is 1.84. The molecule has 226 valence electrons. The third-order valence-electron chi connectivity index (χ3n) is 6.17. The first-order valence-corrected chi connectivity index (χ1v) is 14.1. The molecule has 0 saturated carbocycles. The van der Waals surface area contributed by atoms with Gasteiger partial charge in [-0.1, -0.05) is 11.6 Å². The molecular weight excluding hydrogens is 620 g/mol. The molecule has 0 atom stereocenters. The van der Waals surface area contributed by atoms with Gasteiger partial charge >= 0.3 is 19.2 Å². The van der Waals surface area contributed by atoms with E-state index in [0.29, 0.717) is 30.7 Å². The van der Waals surface area contributed by atoms with Crippen LogP contribution in [0.4, 0.5) is 18.9 Å². The lowest BCUT2D eigenvalue weighted by atomic mass is 10.2. The summed E-state index contributed by atoms with van der Waals surface area (Å²) in [6.45, 7) is -0.691. The number of rotatable bonds is 8. The molecule has 2 aromatic carbocycles. The zero-order valence-electron chi connectivity index (χ0n) is 22.2. The van der Waals surface area contributed by atoms with E-state index in [-0.39, 0.29) is 22.6 Å². The molecule has 0 spiro atoms. The van der Waals surface area contributed by atoms with Gasteiger partial charge in [0.1, 0.15) is 18.9 Å². The van der Waals surface area contributed by atoms with E-state index < -0.39 is 67.7 Å². The van der Waals surface area contributed by atoms with Crippen LogP contribution in [0.15, 0.2) is 51.2 Å². The van der Waals surface area contributed by atoms with Crippen LogP contribution in [0.5, 0.6) is 0 Å². The van der Waals surface area contributed by atoms with Gasteiger partial charge in [0, 0.05) is 35.3 Å². The lowest BCUT2D eigenvalue weighted by molar-refractivity contribution is 0.142. The topological polar surface area (TPSA) is 175 Å². The maximum atomic E-state index is 14.8. The van der Waals surface area contributed by atoms with E-state index >= 15 is 0 Å². The second kappa shape index (κ2) is 11.4. The Kier molecular flexibility index (Phi) is 8.02. The highest BCUT2D eigenvalue weighted by Crippen LogP contribution is 2.36. The van der Waals surface area contributed by atoms with Crippen LogP contribution in [0.3, 0.4) is 0 Å². The summed E-state index contributed by atoms with van der Waals surface area (Å²) < 4.78 is 61.9. The smallest absolute Gasteiger partial charge is 0.359 e. The van der Waals surface area contributed by atoms with E-state index in [2.05, 4.69) is 24.6 Å². The number of aromatic amines is 1. The molecule has 43 heavy (non-hydrogen) atoms. The molecule has 0 bridgehead atoms. The number of benzene rings is 2. The van der Waals surface area contributed by atoms with Crippen LogP contribution in [-0.4, -0.2) is 43.2 Å². The number of nitrogens with zero attached hydrogens (tertiary/aromatic N) is 7. The quantitative estimate of drug-likeness (QED) is 0.171. The Hall–Kier alpha value is -4.28. The summed E-state index contributed by atoms with van der Waals surface area (Å²) in [5.41, 5.74) is -1.98. The van der Waals surface area contributed by atoms with Gasteiger partial charge in [0.15, 0.2) is 17.5 Å². The molecule has 0 fully saturated rings. The van der Waals surface area contributed by atoms with Crippen molar-refractivity contribution >= 4 is 36.0 Å². The molecule has 3 heterocycles. The summed E-state index contributed by atoms with van der Waals surface area (Å²) in [5.74, 6) is -4.11. The van der Waals surface area contributed by atoms with Crippen LogP contribution in [0.1, 0.15) is 17.1 Å². The van der Waals surface area contributed by atoms with Gasteiger partial charge in [-0.3, -0.25) is 13.8 Å². The van der Waals surface area contributed by atoms with Crippen molar-refractivity contribution in [2.75, 3.05) is 0 Å². The molecule has 0 aliphatic carbocycles. The van der Waals surface area contributed by atoms with Gasteiger partial charge in [0.2, 0.25) is 5.62 Å². The van der Waals surface area contributed by atoms with Crippen molar-refractivity contribution in [3.63, 3.8) is 0 Å². The minimum absolute atomic E-state index is 0.000507. The van der Waals surface area contributed by atoms with E-state index in [1.807, 2.05) is 0 Å². The maximum Gasteiger partial charge on any atom is 0.471 e. The Morgan fingerprint density at radius 3 is 2.37 bits per heavy atom. The molecule has 0 radical (unpaired) electrons. The van der Waals surface area contributed by atoms with Crippen LogP contribution in [0.25, 0.3) is 10.9 Å². The van der Waals surface area contributed by atoms with Gasteiger partial charge in [-0.05, 0) is 31.2 Å². The largest absolute Gasteiger partial charge is 0.471 e. The van der Waals surface area contributed by atoms with Gasteiger partial charge in [-0.25, -0.2) is 46.4 Å². The van der Waals surface area contributed by atoms with Crippen LogP contribution in [-0.2, 0) is 36.0 Å².